The van der Waals surface area contributed by atoms with Crippen LogP contribution >= 0.6 is 0 Å². The Morgan fingerprint density at radius 2 is 1.76 bits per heavy atom. The number of aromatic nitrogens is 1. The molecule has 1 aromatic heterocycles. The third-order valence-corrected chi connectivity index (χ3v) is 6.15. The Labute approximate surface area is 194 Å². The van der Waals surface area contributed by atoms with E-state index in [0.29, 0.717) is 24.1 Å². The fourth-order valence-electron chi connectivity index (χ4n) is 4.51. The number of para-hydroxylation sites is 1. The zero-order valence-corrected chi connectivity index (χ0v) is 18.0. The maximum atomic E-state index is 14.2. The Balaban J connectivity index is 1.53. The minimum atomic E-state index is -1.02. The average Bonchev–Trinajstić information content (AvgIpc) is 3.22. The number of fused-ring (bicyclic) bond motifs is 3. The second-order valence-electron chi connectivity index (χ2n) is 8.18. The van der Waals surface area contributed by atoms with Crippen molar-refractivity contribution in [1.82, 2.24) is 9.88 Å². The number of rotatable bonds is 4. The first-order valence-corrected chi connectivity index (χ1v) is 10.8. The Morgan fingerprint density at radius 1 is 1.00 bits per heavy atom. The lowest BCUT2D eigenvalue weighted by atomic mass is 9.92. The Kier molecular flexibility index (Phi) is 5.45. The van der Waals surface area contributed by atoms with E-state index in [1.807, 2.05) is 24.3 Å². The van der Waals surface area contributed by atoms with Gasteiger partial charge in [-0.05, 0) is 59.5 Å². The van der Waals surface area contributed by atoms with Gasteiger partial charge >= 0.3 is 5.97 Å². The molecule has 170 valence electrons. The lowest BCUT2D eigenvalue weighted by molar-refractivity contribution is -0.128. The molecule has 1 amide bonds. The van der Waals surface area contributed by atoms with Crippen molar-refractivity contribution in [2.75, 3.05) is 6.54 Å². The van der Waals surface area contributed by atoms with Crippen LogP contribution in [0.1, 0.15) is 38.8 Å². The molecule has 34 heavy (non-hydrogen) atoms. The molecule has 0 spiro atoms. The Bertz CT molecular complexity index is 1440. The number of halogens is 2. The van der Waals surface area contributed by atoms with Crippen LogP contribution in [-0.4, -0.2) is 33.4 Å². The number of carboxylic acids is 1. The molecule has 0 aliphatic carbocycles. The average molecular weight is 458 g/mol. The van der Waals surface area contributed by atoms with Gasteiger partial charge in [-0.2, -0.15) is 0 Å². The van der Waals surface area contributed by atoms with Gasteiger partial charge < -0.3 is 15.0 Å². The summed E-state index contributed by atoms with van der Waals surface area (Å²) in [5, 5.41) is 10.1. The summed E-state index contributed by atoms with van der Waals surface area (Å²) < 4.78 is 27.8. The van der Waals surface area contributed by atoms with Gasteiger partial charge in [0.2, 0.25) is 5.91 Å². The van der Waals surface area contributed by atoms with Gasteiger partial charge in [0.25, 0.3) is 0 Å². The standard InChI is InChI=1S/C27H20F2N2O3/c28-21-11-10-18(15-22(21)29)26-25-20(19-3-1-2-4-23(19)30-25)13-14-31(26)24(32)12-7-16-5-8-17(9-6-16)27(33)34/h1-12,15,26,30H,13-14H2,(H,33,34). The van der Waals surface area contributed by atoms with E-state index >= 15 is 0 Å². The van der Waals surface area contributed by atoms with Crippen molar-refractivity contribution < 1.29 is 23.5 Å². The highest BCUT2D eigenvalue weighted by atomic mass is 19.2. The van der Waals surface area contributed by atoms with Gasteiger partial charge in [-0.15, -0.1) is 0 Å². The van der Waals surface area contributed by atoms with E-state index in [-0.39, 0.29) is 11.5 Å². The van der Waals surface area contributed by atoms with E-state index in [0.717, 1.165) is 34.3 Å². The molecule has 1 aliphatic rings. The maximum Gasteiger partial charge on any atom is 0.335 e. The second-order valence-corrected chi connectivity index (χ2v) is 8.18. The summed E-state index contributed by atoms with van der Waals surface area (Å²) in [6.07, 6.45) is 3.64. The third kappa shape index (κ3) is 3.85. The molecule has 1 aliphatic heterocycles. The van der Waals surface area contributed by atoms with Crippen LogP contribution in [0.5, 0.6) is 0 Å². The predicted octanol–water partition coefficient (Wildman–Crippen LogP) is 5.33. The number of carboxylic acid groups (broad SMARTS) is 1. The van der Waals surface area contributed by atoms with Gasteiger partial charge in [0.05, 0.1) is 11.6 Å². The van der Waals surface area contributed by atoms with Crippen LogP contribution in [0.4, 0.5) is 8.78 Å². The van der Waals surface area contributed by atoms with Crippen LogP contribution in [0.15, 0.2) is 72.8 Å². The molecule has 0 fully saturated rings. The lowest BCUT2D eigenvalue weighted by Gasteiger charge is -2.35. The van der Waals surface area contributed by atoms with E-state index in [1.54, 1.807) is 23.1 Å². The van der Waals surface area contributed by atoms with E-state index in [1.165, 1.54) is 24.3 Å². The number of hydrogen-bond acceptors (Lipinski definition) is 2. The van der Waals surface area contributed by atoms with Crippen molar-refractivity contribution in [3.8, 4) is 0 Å². The molecule has 0 bridgehead atoms. The highest BCUT2D eigenvalue weighted by molar-refractivity contribution is 5.94. The van der Waals surface area contributed by atoms with Crippen molar-refractivity contribution >= 4 is 28.9 Å². The molecule has 7 heteroatoms. The number of nitrogens with one attached hydrogen (secondary N) is 1. The number of amides is 1. The number of hydrogen-bond donors (Lipinski definition) is 2. The molecule has 0 radical (unpaired) electrons. The molecular formula is C27H20F2N2O3. The van der Waals surface area contributed by atoms with Crippen molar-refractivity contribution in [2.24, 2.45) is 0 Å². The predicted molar refractivity (Wildman–Crippen MR) is 124 cm³/mol. The van der Waals surface area contributed by atoms with Gasteiger partial charge in [-0.1, -0.05) is 36.4 Å². The van der Waals surface area contributed by atoms with Crippen LogP contribution in [0.3, 0.4) is 0 Å². The molecule has 5 rings (SSSR count). The number of benzene rings is 3. The SMILES string of the molecule is O=C(O)c1ccc(C=CC(=O)N2CCc3c([nH]c4ccccc34)C2c2ccc(F)c(F)c2)cc1. The summed E-state index contributed by atoms with van der Waals surface area (Å²) in [5.41, 5.74) is 4.06. The largest absolute Gasteiger partial charge is 0.478 e. The molecule has 0 saturated carbocycles. The number of carbonyl (C=O) groups excluding carboxylic acids is 1. The minimum absolute atomic E-state index is 0.157. The first-order chi connectivity index (χ1) is 16.4. The number of carbonyl (C=O) groups is 2. The number of H-pyrrole nitrogens is 1. The lowest BCUT2D eigenvalue weighted by Crippen LogP contribution is -2.39. The van der Waals surface area contributed by atoms with Gasteiger partial charge in [-0.3, -0.25) is 4.79 Å². The fourth-order valence-corrected chi connectivity index (χ4v) is 4.51. The van der Waals surface area contributed by atoms with Crippen LogP contribution < -0.4 is 0 Å². The first kappa shape index (κ1) is 21.6. The molecular weight excluding hydrogens is 438 g/mol. The molecule has 3 aromatic carbocycles. The van der Waals surface area contributed by atoms with Gasteiger partial charge in [0, 0.05) is 29.2 Å². The van der Waals surface area contributed by atoms with Crippen LogP contribution in [-0.2, 0) is 11.2 Å². The molecule has 5 nitrogen and oxygen atoms in total. The normalized spacial score (nSPS) is 15.6. The first-order valence-electron chi connectivity index (χ1n) is 10.8. The van der Waals surface area contributed by atoms with Crippen LogP contribution in [0, 0.1) is 11.6 Å². The minimum Gasteiger partial charge on any atom is -0.478 e. The van der Waals surface area contributed by atoms with E-state index in [2.05, 4.69) is 4.98 Å². The van der Waals surface area contributed by atoms with Crippen molar-refractivity contribution in [3.63, 3.8) is 0 Å². The molecule has 2 N–H and O–H groups in total. The molecule has 1 atom stereocenters. The quantitative estimate of drug-likeness (QED) is 0.406. The van der Waals surface area contributed by atoms with Gasteiger partial charge in [0.1, 0.15) is 0 Å². The molecule has 4 aromatic rings. The van der Waals surface area contributed by atoms with Crippen LogP contribution in [0.25, 0.3) is 17.0 Å². The highest BCUT2D eigenvalue weighted by Crippen LogP contribution is 2.39. The van der Waals surface area contributed by atoms with Gasteiger partial charge in [0.15, 0.2) is 11.6 Å². The summed E-state index contributed by atoms with van der Waals surface area (Å²) in [7, 11) is 0. The van der Waals surface area contributed by atoms with Crippen molar-refractivity contribution in [1.29, 1.82) is 0 Å². The summed E-state index contributed by atoms with van der Waals surface area (Å²) in [6.45, 7) is 0.402. The Hall–Kier alpha value is -4.26. The summed E-state index contributed by atoms with van der Waals surface area (Å²) in [5.74, 6) is -3.23. The van der Waals surface area contributed by atoms with E-state index < -0.39 is 23.6 Å². The van der Waals surface area contributed by atoms with Crippen LogP contribution in [0.2, 0.25) is 0 Å². The molecule has 1 unspecified atom stereocenters. The van der Waals surface area contributed by atoms with E-state index in [4.69, 9.17) is 5.11 Å². The fraction of sp³-hybridized carbons (Fsp3) is 0.111. The van der Waals surface area contributed by atoms with E-state index in [9.17, 15) is 18.4 Å². The molecule has 2 heterocycles. The second kappa shape index (κ2) is 8.59. The number of aromatic amines is 1. The Morgan fingerprint density at radius 3 is 2.50 bits per heavy atom. The topological polar surface area (TPSA) is 73.4 Å². The zero-order valence-electron chi connectivity index (χ0n) is 18.0. The summed E-state index contributed by atoms with van der Waals surface area (Å²) >= 11 is 0. The third-order valence-electron chi connectivity index (χ3n) is 6.15. The smallest absolute Gasteiger partial charge is 0.335 e. The summed E-state index contributed by atoms with van der Waals surface area (Å²) in [6, 6.07) is 17.1. The van der Waals surface area contributed by atoms with Gasteiger partial charge in [-0.25, -0.2) is 13.6 Å². The van der Waals surface area contributed by atoms with Crippen molar-refractivity contribution in [2.45, 2.75) is 12.5 Å². The highest BCUT2D eigenvalue weighted by Gasteiger charge is 2.34. The maximum absolute atomic E-state index is 14.2. The number of aromatic carboxylic acids is 1. The monoisotopic (exact) mass is 458 g/mol. The van der Waals surface area contributed by atoms with Crippen molar-refractivity contribution in [3.05, 3.63) is 112 Å². The summed E-state index contributed by atoms with van der Waals surface area (Å²) in [4.78, 5) is 29.3. The number of nitrogens with zero attached hydrogens (tertiary/aromatic N) is 1. The zero-order chi connectivity index (χ0) is 23.8. The molecule has 0 saturated heterocycles.